The van der Waals surface area contributed by atoms with Crippen LogP contribution < -0.4 is 5.56 Å². The van der Waals surface area contributed by atoms with E-state index in [0.29, 0.717) is 43.9 Å². The lowest BCUT2D eigenvalue weighted by molar-refractivity contribution is 0.0733. The minimum Gasteiger partial charge on any atom is -0.332 e. The highest BCUT2D eigenvalue weighted by Crippen LogP contribution is 2.26. The van der Waals surface area contributed by atoms with Gasteiger partial charge in [-0.3, -0.25) is 14.2 Å². The normalized spacial score (nSPS) is 12.2. The average molecular weight is 439 g/mol. The van der Waals surface area contributed by atoms with E-state index in [1.807, 2.05) is 13.8 Å². The summed E-state index contributed by atoms with van der Waals surface area (Å²) >= 11 is 18.0. The summed E-state index contributed by atoms with van der Waals surface area (Å²) in [4.78, 5) is 31.9. The number of carbonyl (C=O) groups is 1. The zero-order chi connectivity index (χ0) is 20.6. The lowest BCUT2D eigenvalue weighted by Gasteiger charge is -2.27. The Balaban J connectivity index is 2.06. The van der Waals surface area contributed by atoms with Gasteiger partial charge in [0.25, 0.3) is 11.5 Å². The largest absolute Gasteiger partial charge is 0.332 e. The summed E-state index contributed by atoms with van der Waals surface area (Å²) in [6, 6.07) is 9.23. The maximum Gasteiger partial charge on any atom is 0.261 e. The third-order valence-corrected chi connectivity index (χ3v) is 5.68. The molecule has 0 aliphatic carbocycles. The van der Waals surface area contributed by atoms with Crippen molar-refractivity contribution in [1.82, 2.24) is 14.5 Å². The molecule has 0 saturated heterocycles. The second kappa shape index (κ2) is 8.11. The Labute approximate surface area is 177 Å². The van der Waals surface area contributed by atoms with Gasteiger partial charge in [0, 0.05) is 24.2 Å². The molecule has 28 heavy (non-hydrogen) atoms. The van der Waals surface area contributed by atoms with Crippen LogP contribution in [0.4, 0.5) is 0 Å². The molecule has 1 unspecified atom stereocenters. The van der Waals surface area contributed by atoms with Crippen LogP contribution in [0.3, 0.4) is 0 Å². The van der Waals surface area contributed by atoms with Gasteiger partial charge in [0.1, 0.15) is 5.82 Å². The Morgan fingerprint density at radius 3 is 2.50 bits per heavy atom. The predicted octanol–water partition coefficient (Wildman–Crippen LogP) is 5.21. The number of hydrogen-bond donors (Lipinski definition) is 0. The van der Waals surface area contributed by atoms with Crippen molar-refractivity contribution in [2.45, 2.75) is 26.4 Å². The summed E-state index contributed by atoms with van der Waals surface area (Å²) in [5.41, 5.74) is 0.735. The van der Waals surface area contributed by atoms with E-state index in [0.717, 1.165) is 0 Å². The van der Waals surface area contributed by atoms with Crippen molar-refractivity contribution in [3.05, 3.63) is 73.2 Å². The predicted molar refractivity (Wildman–Crippen MR) is 114 cm³/mol. The average Bonchev–Trinajstić information content (AvgIpc) is 2.68. The monoisotopic (exact) mass is 437 g/mol. The highest BCUT2D eigenvalue weighted by atomic mass is 35.5. The SMILES string of the molecule is CCn1c(C(C)N(C)C(=O)c2ccc(Cl)c(Cl)c2)nc2cc(Cl)ccc2c1=O. The van der Waals surface area contributed by atoms with Crippen molar-refractivity contribution in [3.63, 3.8) is 0 Å². The third-order valence-electron chi connectivity index (χ3n) is 4.70. The molecule has 146 valence electrons. The van der Waals surface area contributed by atoms with Gasteiger partial charge in [0.2, 0.25) is 0 Å². The Morgan fingerprint density at radius 2 is 1.86 bits per heavy atom. The quantitative estimate of drug-likeness (QED) is 0.562. The maximum atomic E-state index is 12.9. The van der Waals surface area contributed by atoms with E-state index in [1.54, 1.807) is 41.9 Å². The van der Waals surface area contributed by atoms with Gasteiger partial charge in [-0.2, -0.15) is 0 Å². The number of amides is 1. The second-order valence-electron chi connectivity index (χ2n) is 6.40. The molecule has 8 heteroatoms. The number of rotatable bonds is 4. The molecule has 0 bridgehead atoms. The lowest BCUT2D eigenvalue weighted by atomic mass is 10.1. The molecule has 0 aliphatic heterocycles. The molecule has 0 spiro atoms. The van der Waals surface area contributed by atoms with Crippen molar-refractivity contribution >= 4 is 51.6 Å². The summed E-state index contributed by atoms with van der Waals surface area (Å²) < 4.78 is 1.57. The highest BCUT2D eigenvalue weighted by molar-refractivity contribution is 6.42. The van der Waals surface area contributed by atoms with Crippen LogP contribution >= 0.6 is 34.8 Å². The first-order valence-electron chi connectivity index (χ1n) is 8.66. The molecule has 1 atom stereocenters. The zero-order valence-electron chi connectivity index (χ0n) is 15.5. The van der Waals surface area contributed by atoms with E-state index >= 15 is 0 Å². The Kier molecular flexibility index (Phi) is 5.98. The van der Waals surface area contributed by atoms with Gasteiger partial charge >= 0.3 is 0 Å². The molecule has 0 radical (unpaired) electrons. The number of benzene rings is 2. The van der Waals surface area contributed by atoms with Gasteiger partial charge in [0.15, 0.2) is 0 Å². The molecule has 3 aromatic rings. The van der Waals surface area contributed by atoms with Gasteiger partial charge in [-0.1, -0.05) is 34.8 Å². The summed E-state index contributed by atoms with van der Waals surface area (Å²) in [5, 5.41) is 1.66. The topological polar surface area (TPSA) is 55.2 Å². The van der Waals surface area contributed by atoms with Crippen LogP contribution in [-0.4, -0.2) is 27.4 Å². The summed E-state index contributed by atoms with van der Waals surface area (Å²) in [6.07, 6.45) is 0. The van der Waals surface area contributed by atoms with Crippen LogP contribution in [0.5, 0.6) is 0 Å². The molecule has 0 saturated carbocycles. The molecule has 5 nitrogen and oxygen atoms in total. The fraction of sp³-hybridized carbons (Fsp3) is 0.250. The van der Waals surface area contributed by atoms with Gasteiger partial charge in [-0.15, -0.1) is 0 Å². The first kappa shape index (κ1) is 20.6. The molecule has 1 aromatic heterocycles. The van der Waals surface area contributed by atoms with Crippen LogP contribution in [0.25, 0.3) is 10.9 Å². The Morgan fingerprint density at radius 1 is 1.14 bits per heavy atom. The van der Waals surface area contributed by atoms with Gasteiger partial charge in [-0.05, 0) is 50.2 Å². The maximum absolute atomic E-state index is 12.9. The van der Waals surface area contributed by atoms with Gasteiger partial charge in [-0.25, -0.2) is 4.98 Å². The third kappa shape index (κ3) is 3.75. The van der Waals surface area contributed by atoms with Crippen molar-refractivity contribution in [2.24, 2.45) is 0 Å². The molecule has 1 heterocycles. The Hall–Kier alpha value is -2.08. The second-order valence-corrected chi connectivity index (χ2v) is 7.65. The number of aromatic nitrogens is 2. The number of hydrogen-bond acceptors (Lipinski definition) is 3. The Bertz CT molecular complexity index is 1130. The number of fused-ring (bicyclic) bond motifs is 1. The first-order chi connectivity index (χ1) is 13.2. The van der Waals surface area contributed by atoms with E-state index in [1.165, 1.54) is 11.0 Å². The molecule has 0 N–H and O–H groups in total. The van der Waals surface area contributed by atoms with Crippen molar-refractivity contribution < 1.29 is 4.79 Å². The molecule has 0 fully saturated rings. The van der Waals surface area contributed by atoms with Crippen molar-refractivity contribution in [3.8, 4) is 0 Å². The standard InChI is InChI=1S/C20H18Cl3N3O2/c1-4-26-18(24-17-10-13(21)6-7-14(17)20(26)28)11(2)25(3)19(27)12-5-8-15(22)16(23)9-12/h5-11H,4H2,1-3H3. The molecule has 1 amide bonds. The molecule has 0 aliphatic rings. The fourth-order valence-electron chi connectivity index (χ4n) is 3.02. The van der Waals surface area contributed by atoms with E-state index in [-0.39, 0.29) is 11.5 Å². The van der Waals surface area contributed by atoms with Crippen LogP contribution in [0.1, 0.15) is 36.1 Å². The highest BCUT2D eigenvalue weighted by Gasteiger charge is 2.24. The van der Waals surface area contributed by atoms with Gasteiger partial charge in [0.05, 0.1) is 27.0 Å². The van der Waals surface area contributed by atoms with Crippen LogP contribution in [0.2, 0.25) is 15.1 Å². The number of nitrogens with zero attached hydrogens (tertiary/aromatic N) is 3. The molecular formula is C20H18Cl3N3O2. The minimum absolute atomic E-state index is 0.165. The summed E-state index contributed by atoms with van der Waals surface area (Å²) in [7, 11) is 1.66. The first-order valence-corrected chi connectivity index (χ1v) is 9.80. The summed E-state index contributed by atoms with van der Waals surface area (Å²) in [5.74, 6) is 0.229. The van der Waals surface area contributed by atoms with E-state index in [2.05, 4.69) is 4.98 Å². The number of carbonyl (C=O) groups excluding carboxylic acids is 1. The molecule has 3 rings (SSSR count). The zero-order valence-corrected chi connectivity index (χ0v) is 17.8. The fourth-order valence-corrected chi connectivity index (χ4v) is 3.48. The lowest BCUT2D eigenvalue weighted by Crippen LogP contribution is -2.35. The molecular weight excluding hydrogens is 421 g/mol. The van der Waals surface area contributed by atoms with Gasteiger partial charge < -0.3 is 4.90 Å². The van der Waals surface area contributed by atoms with E-state index in [4.69, 9.17) is 34.8 Å². The summed E-state index contributed by atoms with van der Waals surface area (Å²) in [6.45, 7) is 4.11. The van der Waals surface area contributed by atoms with E-state index < -0.39 is 6.04 Å². The number of halogens is 3. The smallest absolute Gasteiger partial charge is 0.261 e. The minimum atomic E-state index is -0.460. The van der Waals surface area contributed by atoms with Crippen LogP contribution in [0, 0.1) is 0 Å². The van der Waals surface area contributed by atoms with Crippen LogP contribution in [-0.2, 0) is 6.54 Å². The van der Waals surface area contributed by atoms with E-state index in [9.17, 15) is 9.59 Å². The van der Waals surface area contributed by atoms with Crippen LogP contribution in [0.15, 0.2) is 41.2 Å². The van der Waals surface area contributed by atoms with Crippen molar-refractivity contribution in [2.75, 3.05) is 7.05 Å². The molecule has 2 aromatic carbocycles. The van der Waals surface area contributed by atoms with Crippen molar-refractivity contribution in [1.29, 1.82) is 0 Å².